The summed E-state index contributed by atoms with van der Waals surface area (Å²) < 4.78 is 13.4. The molecule has 1 N–H and O–H groups in total. The van der Waals surface area contributed by atoms with Crippen LogP contribution in [0.1, 0.15) is 27.7 Å². The Bertz CT molecular complexity index is 747. The Morgan fingerprint density at radius 3 is 2.91 bits per heavy atom. The summed E-state index contributed by atoms with van der Waals surface area (Å²) in [7, 11) is 0. The van der Waals surface area contributed by atoms with Gasteiger partial charge in [0.2, 0.25) is 0 Å². The molecule has 1 aromatic heterocycles. The minimum Gasteiger partial charge on any atom is -0.344 e. The highest BCUT2D eigenvalue weighted by Crippen LogP contribution is 2.36. The molecule has 0 saturated heterocycles. The molecular weight excluding hydrogens is 327 g/mol. The summed E-state index contributed by atoms with van der Waals surface area (Å²) in [6, 6.07) is 7.01. The Morgan fingerprint density at radius 2 is 2.18 bits per heavy atom. The quantitative estimate of drug-likeness (QED) is 0.683. The van der Waals surface area contributed by atoms with E-state index in [4.69, 9.17) is 0 Å². The number of hydrogen-bond donors (Lipinski definition) is 1. The van der Waals surface area contributed by atoms with Gasteiger partial charge in [0.05, 0.1) is 15.8 Å². The number of thioether (sulfide) groups is 1. The van der Waals surface area contributed by atoms with E-state index in [1.165, 1.54) is 24.3 Å². The van der Waals surface area contributed by atoms with Gasteiger partial charge < -0.3 is 5.32 Å². The van der Waals surface area contributed by atoms with Crippen molar-refractivity contribution in [3.8, 4) is 0 Å². The van der Waals surface area contributed by atoms with E-state index in [9.17, 15) is 19.3 Å². The Kier molecular flexibility index (Phi) is 4.12. The van der Waals surface area contributed by atoms with E-state index < -0.39 is 4.92 Å². The van der Waals surface area contributed by atoms with E-state index in [0.29, 0.717) is 6.42 Å². The van der Waals surface area contributed by atoms with Crippen LogP contribution in [-0.4, -0.2) is 16.6 Å². The number of amides is 1. The topological polar surface area (TPSA) is 72.2 Å². The number of nitrogens with zero attached hydrogens (tertiary/aromatic N) is 1. The second kappa shape index (κ2) is 6.05. The number of rotatable bonds is 3. The molecule has 2 heterocycles. The maximum Gasteiger partial charge on any atom is 0.324 e. The van der Waals surface area contributed by atoms with E-state index in [1.54, 1.807) is 17.8 Å². The monoisotopic (exact) mass is 338 g/mol. The molecule has 1 aliphatic heterocycles. The molecule has 0 fully saturated rings. The number of halogens is 1. The Morgan fingerprint density at radius 1 is 1.36 bits per heavy atom. The largest absolute Gasteiger partial charge is 0.344 e. The highest BCUT2D eigenvalue weighted by Gasteiger charge is 2.24. The van der Waals surface area contributed by atoms with Crippen molar-refractivity contribution >= 4 is 34.0 Å². The SMILES string of the molecule is O=C(NC1CCSc2ccc(F)cc21)c1ccc([N+](=O)[O-])s1. The number of nitro groups is 1. The number of benzene rings is 1. The fourth-order valence-electron chi connectivity index (χ4n) is 2.29. The lowest BCUT2D eigenvalue weighted by Gasteiger charge is -2.25. The first-order valence-electron chi connectivity index (χ1n) is 6.52. The van der Waals surface area contributed by atoms with Crippen molar-refractivity contribution in [1.82, 2.24) is 5.32 Å². The van der Waals surface area contributed by atoms with Crippen molar-refractivity contribution in [2.24, 2.45) is 0 Å². The maximum absolute atomic E-state index is 13.4. The molecule has 0 saturated carbocycles. The van der Waals surface area contributed by atoms with Crippen LogP contribution >= 0.6 is 23.1 Å². The summed E-state index contributed by atoms with van der Waals surface area (Å²) in [6.45, 7) is 0. The van der Waals surface area contributed by atoms with Gasteiger partial charge in [0, 0.05) is 16.7 Å². The normalized spacial score (nSPS) is 16.9. The van der Waals surface area contributed by atoms with Gasteiger partial charge in [-0.15, -0.1) is 11.8 Å². The van der Waals surface area contributed by atoms with E-state index in [0.717, 1.165) is 27.5 Å². The third-order valence-electron chi connectivity index (χ3n) is 3.31. The molecule has 1 unspecified atom stereocenters. The molecule has 0 aliphatic carbocycles. The van der Waals surface area contributed by atoms with Crippen molar-refractivity contribution < 1.29 is 14.1 Å². The third kappa shape index (κ3) is 2.97. The highest BCUT2D eigenvalue weighted by molar-refractivity contribution is 7.99. The zero-order valence-corrected chi connectivity index (χ0v) is 12.9. The predicted molar refractivity (Wildman–Crippen MR) is 82.9 cm³/mol. The molecule has 5 nitrogen and oxygen atoms in total. The molecule has 1 atom stereocenters. The lowest BCUT2D eigenvalue weighted by Crippen LogP contribution is -2.30. The van der Waals surface area contributed by atoms with Gasteiger partial charge in [-0.05, 0) is 36.2 Å². The van der Waals surface area contributed by atoms with Crippen molar-refractivity contribution in [2.45, 2.75) is 17.4 Å². The van der Waals surface area contributed by atoms with Crippen LogP contribution in [0.15, 0.2) is 35.2 Å². The zero-order chi connectivity index (χ0) is 15.7. The van der Waals surface area contributed by atoms with Gasteiger partial charge in [0.1, 0.15) is 5.82 Å². The molecule has 2 aromatic rings. The van der Waals surface area contributed by atoms with Crippen LogP contribution in [0, 0.1) is 15.9 Å². The Hall–Kier alpha value is -1.93. The number of fused-ring (bicyclic) bond motifs is 1. The van der Waals surface area contributed by atoms with Crippen LogP contribution < -0.4 is 5.32 Å². The van der Waals surface area contributed by atoms with Crippen molar-refractivity contribution in [3.05, 3.63) is 56.7 Å². The van der Waals surface area contributed by atoms with Crippen LogP contribution in [0.3, 0.4) is 0 Å². The molecule has 0 radical (unpaired) electrons. The van der Waals surface area contributed by atoms with Gasteiger partial charge in [-0.3, -0.25) is 14.9 Å². The summed E-state index contributed by atoms with van der Waals surface area (Å²) in [4.78, 5) is 23.6. The minimum atomic E-state index is -0.524. The maximum atomic E-state index is 13.4. The summed E-state index contributed by atoms with van der Waals surface area (Å²) in [5.74, 6) is 0.117. The molecule has 1 amide bonds. The number of nitrogens with one attached hydrogen (secondary N) is 1. The lowest BCUT2D eigenvalue weighted by molar-refractivity contribution is -0.380. The third-order valence-corrected chi connectivity index (χ3v) is 5.47. The summed E-state index contributed by atoms with van der Waals surface area (Å²) in [5.41, 5.74) is 0.760. The van der Waals surface area contributed by atoms with Crippen LogP contribution in [-0.2, 0) is 0 Å². The number of thiophene rings is 1. The average molecular weight is 338 g/mol. The average Bonchev–Trinajstić information content (AvgIpc) is 2.98. The van der Waals surface area contributed by atoms with Crippen molar-refractivity contribution in [3.63, 3.8) is 0 Å². The van der Waals surface area contributed by atoms with Crippen LogP contribution in [0.2, 0.25) is 0 Å². The molecule has 0 spiro atoms. The van der Waals surface area contributed by atoms with Gasteiger partial charge >= 0.3 is 5.00 Å². The van der Waals surface area contributed by atoms with E-state index in [2.05, 4.69) is 5.32 Å². The van der Waals surface area contributed by atoms with Crippen molar-refractivity contribution in [2.75, 3.05) is 5.75 Å². The standard InChI is InChI=1S/C14H11FN2O3S2/c15-8-1-2-11-9(7-8)10(5-6-21-11)16-14(18)12-3-4-13(22-12)17(19)20/h1-4,7,10H,5-6H2,(H,16,18). The first kappa shape index (κ1) is 15.0. The second-order valence-corrected chi connectivity index (χ2v) is 6.94. The van der Waals surface area contributed by atoms with E-state index in [1.807, 2.05) is 0 Å². The van der Waals surface area contributed by atoms with Gasteiger partial charge in [0.15, 0.2) is 0 Å². The predicted octanol–water partition coefficient (Wildman–Crippen LogP) is 3.76. The Balaban J connectivity index is 1.80. The second-order valence-electron chi connectivity index (χ2n) is 4.74. The molecule has 1 aliphatic rings. The fraction of sp³-hybridized carbons (Fsp3) is 0.214. The van der Waals surface area contributed by atoms with Crippen LogP contribution in [0.4, 0.5) is 9.39 Å². The van der Waals surface area contributed by atoms with Crippen LogP contribution in [0.25, 0.3) is 0 Å². The molecular formula is C14H11FN2O3S2. The molecule has 0 bridgehead atoms. The number of carbonyl (C=O) groups is 1. The highest BCUT2D eigenvalue weighted by atomic mass is 32.2. The molecule has 1 aromatic carbocycles. The summed E-state index contributed by atoms with van der Waals surface area (Å²) in [6.07, 6.45) is 0.695. The van der Waals surface area contributed by atoms with E-state index >= 15 is 0 Å². The van der Waals surface area contributed by atoms with Gasteiger partial charge in [-0.25, -0.2) is 4.39 Å². The first-order chi connectivity index (χ1) is 10.5. The van der Waals surface area contributed by atoms with Gasteiger partial charge in [-0.2, -0.15) is 0 Å². The molecule has 22 heavy (non-hydrogen) atoms. The summed E-state index contributed by atoms with van der Waals surface area (Å²) in [5, 5.41) is 13.4. The molecule has 8 heteroatoms. The van der Waals surface area contributed by atoms with Crippen molar-refractivity contribution in [1.29, 1.82) is 0 Å². The zero-order valence-electron chi connectivity index (χ0n) is 11.2. The van der Waals surface area contributed by atoms with Gasteiger partial charge in [0.25, 0.3) is 5.91 Å². The molecule has 114 valence electrons. The fourth-order valence-corrected chi connectivity index (χ4v) is 4.12. The van der Waals surface area contributed by atoms with E-state index in [-0.39, 0.29) is 27.6 Å². The minimum absolute atomic E-state index is 0.0733. The Labute approximate surface area is 133 Å². The number of carbonyl (C=O) groups excluding carboxylic acids is 1. The first-order valence-corrected chi connectivity index (χ1v) is 8.32. The smallest absolute Gasteiger partial charge is 0.324 e. The lowest BCUT2D eigenvalue weighted by atomic mass is 10.0. The van der Waals surface area contributed by atoms with Gasteiger partial charge in [-0.1, -0.05) is 11.3 Å². The summed E-state index contributed by atoms with van der Waals surface area (Å²) >= 11 is 2.46. The van der Waals surface area contributed by atoms with Crippen LogP contribution in [0.5, 0.6) is 0 Å². The number of hydrogen-bond acceptors (Lipinski definition) is 5. The molecule has 3 rings (SSSR count).